The monoisotopic (exact) mass is 248 g/mol. The highest BCUT2D eigenvalue weighted by molar-refractivity contribution is 5.93. The van der Waals surface area contributed by atoms with Crippen molar-refractivity contribution in [2.75, 3.05) is 5.32 Å². The summed E-state index contributed by atoms with van der Waals surface area (Å²) in [5.41, 5.74) is 1.27. The van der Waals surface area contributed by atoms with Crippen LogP contribution in [0, 0.1) is 5.41 Å². The summed E-state index contributed by atoms with van der Waals surface area (Å²) in [5.74, 6) is -0.907. The van der Waals surface area contributed by atoms with E-state index in [9.17, 15) is 4.79 Å². The number of carbonyl (C=O) groups is 1. The fraction of sp³-hybridized carbons (Fsp3) is 0.571. The van der Waals surface area contributed by atoms with Gasteiger partial charge in [0.1, 0.15) is 0 Å². The quantitative estimate of drug-likeness (QED) is 0.862. The summed E-state index contributed by atoms with van der Waals surface area (Å²) >= 11 is 0. The Morgan fingerprint density at radius 1 is 1.56 bits per heavy atom. The third-order valence-corrected chi connectivity index (χ3v) is 3.62. The lowest BCUT2D eigenvalue weighted by Gasteiger charge is -2.36. The second-order valence-corrected chi connectivity index (χ2v) is 5.83. The van der Waals surface area contributed by atoms with Gasteiger partial charge in [0.2, 0.25) is 0 Å². The van der Waals surface area contributed by atoms with Gasteiger partial charge in [-0.3, -0.25) is 4.98 Å². The number of nitrogens with one attached hydrogen (secondary N) is 1. The highest BCUT2D eigenvalue weighted by Crippen LogP contribution is 2.36. The molecule has 0 saturated heterocycles. The van der Waals surface area contributed by atoms with E-state index in [1.165, 1.54) is 19.0 Å². The predicted molar refractivity (Wildman–Crippen MR) is 70.9 cm³/mol. The molecule has 4 nitrogen and oxygen atoms in total. The Labute approximate surface area is 107 Å². The minimum Gasteiger partial charge on any atom is -0.478 e. The molecule has 1 aliphatic carbocycles. The van der Waals surface area contributed by atoms with Crippen LogP contribution < -0.4 is 5.32 Å². The average molecular weight is 248 g/mol. The third-order valence-electron chi connectivity index (χ3n) is 3.62. The zero-order valence-corrected chi connectivity index (χ0v) is 10.9. The predicted octanol–water partition coefficient (Wildman–Crippen LogP) is 3.16. The van der Waals surface area contributed by atoms with Crippen molar-refractivity contribution >= 4 is 11.7 Å². The van der Waals surface area contributed by atoms with Crippen LogP contribution in [0.15, 0.2) is 18.5 Å². The standard InChI is InChI=1S/C14H20N2O2/c1-14(2)6-3-4-10(8-14)16-12-9-15-7-5-11(12)13(17)18/h5,7,9-10,16H,3-4,6,8H2,1-2H3,(H,17,18). The number of hydrogen-bond acceptors (Lipinski definition) is 3. The maximum atomic E-state index is 11.1. The first-order valence-corrected chi connectivity index (χ1v) is 6.42. The van der Waals surface area contributed by atoms with Gasteiger partial charge in [-0.05, 0) is 30.7 Å². The molecule has 1 unspecified atom stereocenters. The molecular weight excluding hydrogens is 228 g/mol. The first-order chi connectivity index (χ1) is 8.48. The number of rotatable bonds is 3. The smallest absolute Gasteiger partial charge is 0.337 e. The molecule has 0 spiro atoms. The topological polar surface area (TPSA) is 62.2 Å². The van der Waals surface area contributed by atoms with Crippen LogP contribution in [0.1, 0.15) is 49.9 Å². The molecule has 2 N–H and O–H groups in total. The number of carboxylic acid groups (broad SMARTS) is 1. The molecule has 1 aromatic heterocycles. The van der Waals surface area contributed by atoms with Crippen LogP contribution >= 0.6 is 0 Å². The molecule has 1 saturated carbocycles. The largest absolute Gasteiger partial charge is 0.478 e. The van der Waals surface area contributed by atoms with Crippen molar-refractivity contribution in [2.45, 2.75) is 45.6 Å². The van der Waals surface area contributed by atoms with Gasteiger partial charge in [-0.25, -0.2) is 4.79 Å². The van der Waals surface area contributed by atoms with Crippen molar-refractivity contribution in [3.8, 4) is 0 Å². The first kappa shape index (κ1) is 12.9. The van der Waals surface area contributed by atoms with Crippen LogP contribution in [0.2, 0.25) is 0 Å². The van der Waals surface area contributed by atoms with Crippen molar-refractivity contribution in [1.29, 1.82) is 0 Å². The lowest BCUT2D eigenvalue weighted by molar-refractivity contribution is 0.0697. The van der Waals surface area contributed by atoms with Gasteiger partial charge < -0.3 is 10.4 Å². The summed E-state index contributed by atoms with van der Waals surface area (Å²) in [4.78, 5) is 15.1. The zero-order chi connectivity index (χ0) is 13.2. The van der Waals surface area contributed by atoms with Crippen LogP contribution in [0.5, 0.6) is 0 Å². The fourth-order valence-electron chi connectivity index (χ4n) is 2.74. The molecule has 98 valence electrons. The molecule has 1 heterocycles. The number of anilines is 1. The number of pyridine rings is 1. The number of hydrogen-bond donors (Lipinski definition) is 2. The molecule has 0 amide bonds. The van der Waals surface area contributed by atoms with Crippen molar-refractivity contribution in [2.24, 2.45) is 5.41 Å². The minimum absolute atomic E-state index is 0.299. The summed E-state index contributed by atoms with van der Waals surface area (Å²) in [5, 5.41) is 12.5. The molecule has 0 aliphatic heterocycles. The van der Waals surface area contributed by atoms with E-state index in [2.05, 4.69) is 24.1 Å². The molecule has 4 heteroatoms. The van der Waals surface area contributed by atoms with Crippen molar-refractivity contribution in [1.82, 2.24) is 4.98 Å². The first-order valence-electron chi connectivity index (χ1n) is 6.42. The van der Waals surface area contributed by atoms with Gasteiger partial charge in [-0.2, -0.15) is 0 Å². The molecule has 0 aromatic carbocycles. The molecular formula is C14H20N2O2. The van der Waals surface area contributed by atoms with E-state index in [1.807, 2.05) is 0 Å². The lowest BCUT2D eigenvalue weighted by Crippen LogP contribution is -2.32. The van der Waals surface area contributed by atoms with Gasteiger partial charge in [0.15, 0.2) is 0 Å². The van der Waals surface area contributed by atoms with E-state index in [1.54, 1.807) is 12.3 Å². The van der Waals surface area contributed by atoms with E-state index in [0.29, 0.717) is 22.7 Å². The van der Waals surface area contributed by atoms with E-state index in [0.717, 1.165) is 12.8 Å². The number of aromatic nitrogens is 1. The summed E-state index contributed by atoms with van der Waals surface area (Å²) < 4.78 is 0. The number of carboxylic acids is 1. The average Bonchev–Trinajstić information content (AvgIpc) is 2.28. The van der Waals surface area contributed by atoms with Gasteiger partial charge in [0, 0.05) is 12.2 Å². The Bertz CT molecular complexity index is 443. The minimum atomic E-state index is -0.907. The van der Waals surface area contributed by atoms with Crippen molar-refractivity contribution in [3.05, 3.63) is 24.0 Å². The van der Waals surface area contributed by atoms with E-state index in [4.69, 9.17) is 5.11 Å². The molecule has 1 fully saturated rings. The van der Waals surface area contributed by atoms with Crippen LogP contribution in [0.25, 0.3) is 0 Å². The number of nitrogens with zero attached hydrogens (tertiary/aromatic N) is 1. The lowest BCUT2D eigenvalue weighted by atomic mass is 9.75. The van der Waals surface area contributed by atoms with Gasteiger partial charge in [0.25, 0.3) is 0 Å². The second kappa shape index (κ2) is 4.96. The summed E-state index contributed by atoms with van der Waals surface area (Å²) in [6, 6.07) is 1.88. The Balaban J connectivity index is 2.12. The molecule has 1 aromatic rings. The SMILES string of the molecule is CC1(C)CCCC(Nc2cnccc2C(=O)O)C1. The van der Waals surface area contributed by atoms with E-state index in [-0.39, 0.29) is 0 Å². The van der Waals surface area contributed by atoms with Gasteiger partial charge in [0.05, 0.1) is 17.4 Å². The van der Waals surface area contributed by atoms with E-state index >= 15 is 0 Å². The Kier molecular flexibility index (Phi) is 3.55. The summed E-state index contributed by atoms with van der Waals surface area (Å²) in [6.07, 6.45) is 7.71. The Morgan fingerprint density at radius 2 is 2.33 bits per heavy atom. The summed E-state index contributed by atoms with van der Waals surface area (Å²) in [6.45, 7) is 4.53. The maximum Gasteiger partial charge on any atom is 0.337 e. The van der Waals surface area contributed by atoms with Crippen LogP contribution in [0.4, 0.5) is 5.69 Å². The van der Waals surface area contributed by atoms with Gasteiger partial charge in [-0.15, -0.1) is 0 Å². The second-order valence-electron chi connectivity index (χ2n) is 5.83. The van der Waals surface area contributed by atoms with E-state index < -0.39 is 5.97 Å². The fourth-order valence-corrected chi connectivity index (χ4v) is 2.74. The molecule has 1 aliphatic rings. The van der Waals surface area contributed by atoms with Crippen LogP contribution in [-0.2, 0) is 0 Å². The molecule has 0 bridgehead atoms. The highest BCUT2D eigenvalue weighted by atomic mass is 16.4. The Hall–Kier alpha value is -1.58. The van der Waals surface area contributed by atoms with Crippen LogP contribution in [0.3, 0.4) is 0 Å². The van der Waals surface area contributed by atoms with Crippen molar-refractivity contribution in [3.63, 3.8) is 0 Å². The van der Waals surface area contributed by atoms with Crippen LogP contribution in [-0.4, -0.2) is 22.1 Å². The summed E-state index contributed by atoms with van der Waals surface area (Å²) in [7, 11) is 0. The molecule has 1 atom stereocenters. The molecule has 2 rings (SSSR count). The maximum absolute atomic E-state index is 11.1. The zero-order valence-electron chi connectivity index (χ0n) is 10.9. The van der Waals surface area contributed by atoms with Gasteiger partial charge >= 0.3 is 5.97 Å². The highest BCUT2D eigenvalue weighted by Gasteiger charge is 2.28. The van der Waals surface area contributed by atoms with Gasteiger partial charge in [-0.1, -0.05) is 20.3 Å². The molecule has 0 radical (unpaired) electrons. The number of aromatic carboxylic acids is 1. The third kappa shape index (κ3) is 3.00. The van der Waals surface area contributed by atoms with Crippen molar-refractivity contribution < 1.29 is 9.90 Å². The Morgan fingerprint density at radius 3 is 3.00 bits per heavy atom. The molecule has 18 heavy (non-hydrogen) atoms. The normalized spacial score (nSPS) is 22.4.